The molecule has 0 spiro atoms. The van der Waals surface area contributed by atoms with Crippen LogP contribution in [0.25, 0.3) is 0 Å². The number of carbonyl (C=O) groups is 1. The van der Waals surface area contributed by atoms with Crippen molar-refractivity contribution in [2.45, 2.75) is 82.3 Å². The van der Waals surface area contributed by atoms with Crippen LogP contribution in [0.15, 0.2) is 0 Å². The molecule has 0 fully saturated rings. The van der Waals surface area contributed by atoms with Gasteiger partial charge in [-0.05, 0) is 39.4 Å². The maximum atomic E-state index is 13.2. The Morgan fingerprint density at radius 3 is 1.96 bits per heavy atom. The second-order valence-corrected chi connectivity index (χ2v) is 7.87. The molecule has 1 atom stereocenters. The van der Waals surface area contributed by atoms with Crippen LogP contribution in [0.3, 0.4) is 0 Å². The summed E-state index contributed by atoms with van der Waals surface area (Å²) < 4.78 is 93.2. The molecule has 0 aromatic carbocycles. The molecule has 0 saturated heterocycles. The number of halogens is 7. The smallest absolute Gasteiger partial charge is 0.459 e. The van der Waals surface area contributed by atoms with Gasteiger partial charge in [0.15, 0.2) is 0 Å². The van der Waals surface area contributed by atoms with Crippen molar-refractivity contribution in [1.82, 2.24) is 0 Å². The molecule has 2 nitrogen and oxygen atoms in total. The van der Waals surface area contributed by atoms with Crippen LogP contribution in [0.1, 0.15) is 53.4 Å². The molecule has 0 aliphatic carbocycles. The molecular formula is C15H23F7O2S. The zero-order valence-corrected chi connectivity index (χ0v) is 15.3. The monoisotopic (exact) mass is 400 g/mol. The summed E-state index contributed by atoms with van der Waals surface area (Å²) in [5, 5.41) is -0.680. The number of hydrogen-bond donors (Lipinski definition) is 0. The first kappa shape index (κ1) is 24.3. The standard InChI is InChI=1S/C15H23F7O2S/c1-5-7-10(11(23)24-12(2,3)4)25-9-6-8-13(16,17)14(18,19)15(20,21)22/h10H,5-9H2,1-4H3. The Bertz CT molecular complexity index is 431. The second kappa shape index (κ2) is 8.81. The van der Waals surface area contributed by atoms with Crippen LogP contribution in [0.5, 0.6) is 0 Å². The number of hydrogen-bond acceptors (Lipinski definition) is 3. The molecule has 150 valence electrons. The Hall–Kier alpha value is -0.670. The van der Waals surface area contributed by atoms with Crippen LogP contribution < -0.4 is 0 Å². The lowest BCUT2D eigenvalue weighted by Crippen LogP contribution is -2.51. The fourth-order valence-electron chi connectivity index (χ4n) is 1.78. The van der Waals surface area contributed by atoms with Gasteiger partial charge in [-0.2, -0.15) is 30.7 Å². The first-order valence-corrected chi connectivity index (χ1v) is 8.77. The first-order chi connectivity index (χ1) is 11.0. The van der Waals surface area contributed by atoms with Gasteiger partial charge in [-0.25, -0.2) is 0 Å². The average molecular weight is 400 g/mol. The van der Waals surface area contributed by atoms with E-state index in [0.29, 0.717) is 12.8 Å². The number of ether oxygens (including phenoxy) is 1. The van der Waals surface area contributed by atoms with Gasteiger partial charge in [0, 0.05) is 6.42 Å². The zero-order valence-electron chi connectivity index (χ0n) is 14.5. The van der Waals surface area contributed by atoms with Crippen LogP contribution >= 0.6 is 11.8 Å². The van der Waals surface area contributed by atoms with Crippen molar-refractivity contribution < 1.29 is 40.3 Å². The van der Waals surface area contributed by atoms with E-state index in [0.717, 1.165) is 11.8 Å². The van der Waals surface area contributed by atoms with Gasteiger partial charge in [-0.1, -0.05) is 13.3 Å². The summed E-state index contributed by atoms with van der Waals surface area (Å²) in [5.41, 5.74) is -0.745. The van der Waals surface area contributed by atoms with Crippen molar-refractivity contribution in [3.63, 3.8) is 0 Å². The van der Waals surface area contributed by atoms with Crippen molar-refractivity contribution in [3.05, 3.63) is 0 Å². The normalized spacial score (nSPS) is 15.2. The maximum Gasteiger partial charge on any atom is 0.459 e. The third kappa shape index (κ3) is 7.62. The summed E-state index contributed by atoms with van der Waals surface area (Å²) in [6, 6.07) is 0. The van der Waals surface area contributed by atoms with E-state index in [1.807, 2.05) is 0 Å². The Morgan fingerprint density at radius 2 is 1.56 bits per heavy atom. The molecule has 0 N–H and O–H groups in total. The highest BCUT2D eigenvalue weighted by Crippen LogP contribution is 2.48. The largest absolute Gasteiger partial charge is 0.459 e. The minimum Gasteiger partial charge on any atom is -0.459 e. The number of esters is 1. The molecule has 0 bridgehead atoms. The molecule has 0 heterocycles. The van der Waals surface area contributed by atoms with E-state index in [-0.39, 0.29) is 5.75 Å². The topological polar surface area (TPSA) is 26.3 Å². The highest BCUT2D eigenvalue weighted by atomic mass is 32.2. The summed E-state index contributed by atoms with van der Waals surface area (Å²) in [4.78, 5) is 12.0. The fraction of sp³-hybridized carbons (Fsp3) is 0.933. The minimum atomic E-state index is -6.31. The van der Waals surface area contributed by atoms with E-state index >= 15 is 0 Å². The van der Waals surface area contributed by atoms with Crippen LogP contribution in [0.2, 0.25) is 0 Å². The van der Waals surface area contributed by atoms with Gasteiger partial charge in [0.1, 0.15) is 10.9 Å². The Balaban J connectivity index is 4.63. The third-order valence-corrected chi connectivity index (χ3v) is 4.34. The van der Waals surface area contributed by atoms with Gasteiger partial charge < -0.3 is 4.74 Å². The summed E-state index contributed by atoms with van der Waals surface area (Å²) in [7, 11) is 0. The minimum absolute atomic E-state index is 0.159. The van der Waals surface area contributed by atoms with Crippen LogP contribution in [-0.4, -0.2) is 40.6 Å². The van der Waals surface area contributed by atoms with Crippen molar-refractivity contribution in [2.75, 3.05) is 5.75 Å². The van der Waals surface area contributed by atoms with Crippen LogP contribution in [0, 0.1) is 0 Å². The summed E-state index contributed by atoms with van der Waals surface area (Å²) in [5.74, 6) is -12.0. The second-order valence-electron chi connectivity index (χ2n) is 6.56. The Morgan fingerprint density at radius 1 is 1.04 bits per heavy atom. The van der Waals surface area contributed by atoms with E-state index in [1.165, 1.54) is 0 Å². The lowest BCUT2D eigenvalue weighted by atomic mass is 10.1. The predicted octanol–water partition coefficient (Wildman–Crippen LogP) is 5.84. The molecule has 0 aromatic rings. The van der Waals surface area contributed by atoms with E-state index < -0.39 is 47.7 Å². The molecule has 0 amide bonds. The lowest BCUT2D eigenvalue weighted by Gasteiger charge is -2.28. The van der Waals surface area contributed by atoms with Gasteiger partial charge in [0.05, 0.1) is 0 Å². The van der Waals surface area contributed by atoms with Crippen molar-refractivity contribution >= 4 is 17.7 Å². The SMILES string of the molecule is CCCC(SCCCC(F)(F)C(F)(F)C(F)(F)F)C(=O)OC(C)(C)C. The lowest BCUT2D eigenvalue weighted by molar-refractivity contribution is -0.355. The Kier molecular flexibility index (Phi) is 8.58. The molecule has 0 radical (unpaired) electrons. The van der Waals surface area contributed by atoms with E-state index in [9.17, 15) is 35.5 Å². The van der Waals surface area contributed by atoms with Gasteiger partial charge in [-0.15, -0.1) is 11.8 Å². The average Bonchev–Trinajstić information content (AvgIpc) is 2.38. The van der Waals surface area contributed by atoms with Gasteiger partial charge in [0.25, 0.3) is 0 Å². The molecular weight excluding hydrogens is 377 g/mol. The molecule has 0 aromatic heterocycles. The van der Waals surface area contributed by atoms with E-state index in [2.05, 4.69) is 0 Å². The number of alkyl halides is 7. The predicted molar refractivity (Wildman–Crippen MR) is 82.2 cm³/mol. The summed E-state index contributed by atoms with van der Waals surface area (Å²) in [6.07, 6.45) is -7.55. The van der Waals surface area contributed by atoms with E-state index in [4.69, 9.17) is 4.74 Å². The summed E-state index contributed by atoms with van der Waals surface area (Å²) >= 11 is 0.920. The van der Waals surface area contributed by atoms with Crippen LogP contribution in [0.4, 0.5) is 30.7 Å². The highest BCUT2D eigenvalue weighted by Gasteiger charge is 2.72. The zero-order chi connectivity index (χ0) is 20.1. The van der Waals surface area contributed by atoms with Gasteiger partial charge >= 0.3 is 24.0 Å². The molecule has 0 aliphatic heterocycles. The molecule has 0 aliphatic rings. The molecule has 25 heavy (non-hydrogen) atoms. The quantitative estimate of drug-likeness (QED) is 0.276. The molecule has 0 saturated carbocycles. The van der Waals surface area contributed by atoms with Crippen molar-refractivity contribution in [1.29, 1.82) is 0 Å². The summed E-state index contributed by atoms with van der Waals surface area (Å²) in [6.45, 7) is 6.74. The van der Waals surface area contributed by atoms with E-state index in [1.54, 1.807) is 27.7 Å². The van der Waals surface area contributed by atoms with Crippen molar-refractivity contribution in [3.8, 4) is 0 Å². The Labute approximate surface area is 146 Å². The maximum absolute atomic E-state index is 13.2. The highest BCUT2D eigenvalue weighted by molar-refractivity contribution is 8.00. The molecule has 0 rings (SSSR count). The first-order valence-electron chi connectivity index (χ1n) is 7.72. The number of carbonyl (C=O) groups excluding carboxylic acids is 1. The fourth-order valence-corrected chi connectivity index (χ4v) is 2.97. The van der Waals surface area contributed by atoms with Crippen LogP contribution in [-0.2, 0) is 9.53 Å². The number of thioether (sulfide) groups is 1. The number of rotatable bonds is 9. The molecule has 10 heteroatoms. The van der Waals surface area contributed by atoms with Gasteiger partial charge in [-0.3, -0.25) is 4.79 Å². The third-order valence-electron chi connectivity index (χ3n) is 2.99. The van der Waals surface area contributed by atoms with Gasteiger partial charge in [0.2, 0.25) is 0 Å². The van der Waals surface area contributed by atoms with Crippen molar-refractivity contribution in [2.24, 2.45) is 0 Å². The molecule has 1 unspecified atom stereocenters.